The molecule has 0 amide bonds. The average Bonchev–Trinajstić information content (AvgIpc) is 2.17. The summed E-state index contributed by atoms with van der Waals surface area (Å²) >= 11 is 0. The van der Waals surface area contributed by atoms with E-state index in [4.69, 9.17) is 0 Å². The van der Waals surface area contributed by atoms with Crippen LogP contribution in [0.4, 0.5) is 4.39 Å². The summed E-state index contributed by atoms with van der Waals surface area (Å²) in [7, 11) is 2.14. The van der Waals surface area contributed by atoms with E-state index in [1.54, 1.807) is 0 Å². The van der Waals surface area contributed by atoms with E-state index >= 15 is 0 Å². The normalized spacial score (nSPS) is 12.3. The summed E-state index contributed by atoms with van der Waals surface area (Å²) in [4.78, 5) is 0. The topological polar surface area (TPSA) is 0 Å². The highest BCUT2D eigenvalue weighted by molar-refractivity contribution is 6.43. The molecule has 1 radical (unpaired) electrons. The zero-order chi connectivity index (χ0) is 11.0. The van der Waals surface area contributed by atoms with Crippen molar-refractivity contribution >= 4 is 7.28 Å². The molecule has 0 spiro atoms. The van der Waals surface area contributed by atoms with Crippen molar-refractivity contribution in [2.24, 2.45) is 0 Å². The van der Waals surface area contributed by atoms with Crippen LogP contribution >= 0.6 is 0 Å². The van der Waals surface area contributed by atoms with Gasteiger partial charge in [-0.3, -0.25) is 4.39 Å². The third-order valence-corrected chi connectivity index (χ3v) is 2.44. The standard InChI is InChI=1S/C12H21BF/c1-5-12(13-4)11(10(2)3)8-6-7-9-14/h2,5-9H2,1,3-4H3/b12-11-. The fourth-order valence-corrected chi connectivity index (χ4v) is 1.64. The van der Waals surface area contributed by atoms with Gasteiger partial charge in [0.25, 0.3) is 0 Å². The number of rotatable bonds is 7. The lowest BCUT2D eigenvalue weighted by Gasteiger charge is -2.12. The average molecular weight is 195 g/mol. The number of allylic oxidation sites excluding steroid dienone is 3. The zero-order valence-corrected chi connectivity index (χ0v) is 9.70. The molecule has 0 atom stereocenters. The van der Waals surface area contributed by atoms with Gasteiger partial charge >= 0.3 is 0 Å². The summed E-state index contributed by atoms with van der Waals surface area (Å²) in [5.41, 5.74) is 3.80. The third-order valence-electron chi connectivity index (χ3n) is 2.44. The Hall–Kier alpha value is -0.525. The van der Waals surface area contributed by atoms with Gasteiger partial charge in [-0.25, -0.2) is 0 Å². The lowest BCUT2D eigenvalue weighted by molar-refractivity contribution is 0.462. The van der Waals surface area contributed by atoms with Crippen molar-refractivity contribution < 1.29 is 4.39 Å². The lowest BCUT2D eigenvalue weighted by Crippen LogP contribution is -1.99. The van der Waals surface area contributed by atoms with Crippen LogP contribution in [0.5, 0.6) is 0 Å². The van der Waals surface area contributed by atoms with Gasteiger partial charge in [-0.2, -0.15) is 0 Å². The predicted octanol–water partition coefficient (Wildman–Crippen LogP) is 4.12. The molecule has 0 nitrogen and oxygen atoms in total. The van der Waals surface area contributed by atoms with E-state index in [0.29, 0.717) is 6.42 Å². The molecule has 0 aromatic rings. The maximum atomic E-state index is 12.0. The van der Waals surface area contributed by atoms with Crippen molar-refractivity contribution in [3.63, 3.8) is 0 Å². The second kappa shape index (κ2) is 7.84. The largest absolute Gasteiger partial charge is 0.251 e. The molecular weight excluding hydrogens is 174 g/mol. The van der Waals surface area contributed by atoms with Crippen LogP contribution < -0.4 is 0 Å². The van der Waals surface area contributed by atoms with Crippen molar-refractivity contribution in [1.29, 1.82) is 0 Å². The summed E-state index contributed by atoms with van der Waals surface area (Å²) in [5.74, 6) is 0. The molecule has 2 heteroatoms. The summed E-state index contributed by atoms with van der Waals surface area (Å²) in [6, 6.07) is 0. The van der Waals surface area contributed by atoms with Crippen LogP contribution in [0, 0.1) is 0 Å². The molecule has 0 aromatic carbocycles. The number of alkyl halides is 1. The Morgan fingerprint density at radius 2 is 2.00 bits per heavy atom. The second-order valence-corrected chi connectivity index (χ2v) is 3.57. The van der Waals surface area contributed by atoms with Crippen molar-refractivity contribution in [3.8, 4) is 0 Å². The summed E-state index contributed by atoms with van der Waals surface area (Å²) in [6.07, 6.45) is 3.59. The minimum Gasteiger partial charge on any atom is -0.251 e. The highest BCUT2D eigenvalue weighted by atomic mass is 19.1. The first-order chi connectivity index (χ1) is 6.67. The number of halogens is 1. The third kappa shape index (κ3) is 4.64. The maximum Gasteiger partial charge on any atom is 0.142 e. The second-order valence-electron chi connectivity index (χ2n) is 3.57. The molecule has 0 aliphatic heterocycles. The van der Waals surface area contributed by atoms with Gasteiger partial charge in [0, 0.05) is 0 Å². The Morgan fingerprint density at radius 1 is 1.36 bits per heavy atom. The molecular formula is C12H21BF. The molecule has 79 valence electrons. The van der Waals surface area contributed by atoms with Gasteiger partial charge in [-0.05, 0) is 32.6 Å². The Kier molecular flexibility index (Phi) is 7.55. The highest BCUT2D eigenvalue weighted by Crippen LogP contribution is 2.21. The molecule has 0 saturated heterocycles. The Labute approximate surface area is 88.5 Å². The molecule has 0 fully saturated rings. The van der Waals surface area contributed by atoms with Gasteiger partial charge in [0.1, 0.15) is 7.28 Å². The van der Waals surface area contributed by atoms with Crippen LogP contribution in [0.3, 0.4) is 0 Å². The van der Waals surface area contributed by atoms with Crippen LogP contribution in [0.1, 0.15) is 39.5 Å². The van der Waals surface area contributed by atoms with Crippen molar-refractivity contribution in [3.05, 3.63) is 23.2 Å². The first-order valence-electron chi connectivity index (χ1n) is 5.40. The summed E-state index contributed by atoms with van der Waals surface area (Å²) < 4.78 is 12.0. The molecule has 0 N–H and O–H groups in total. The molecule has 0 heterocycles. The van der Waals surface area contributed by atoms with Crippen LogP contribution in [-0.2, 0) is 0 Å². The van der Waals surface area contributed by atoms with Gasteiger partial charge in [-0.15, -0.1) is 5.47 Å². The molecule has 0 rings (SSSR count). The first-order valence-corrected chi connectivity index (χ1v) is 5.40. The number of hydrogen-bond donors (Lipinski definition) is 0. The van der Waals surface area contributed by atoms with Crippen LogP contribution in [-0.4, -0.2) is 14.0 Å². The summed E-state index contributed by atoms with van der Waals surface area (Å²) in [5, 5.41) is 0. The molecule has 0 aromatic heterocycles. The van der Waals surface area contributed by atoms with Crippen molar-refractivity contribution in [2.75, 3.05) is 6.67 Å². The van der Waals surface area contributed by atoms with Crippen molar-refractivity contribution in [1.82, 2.24) is 0 Å². The molecule has 0 unspecified atom stereocenters. The van der Waals surface area contributed by atoms with E-state index in [1.807, 2.05) is 6.92 Å². The van der Waals surface area contributed by atoms with E-state index in [0.717, 1.165) is 24.8 Å². The Balaban J connectivity index is 4.41. The first kappa shape index (κ1) is 13.5. The van der Waals surface area contributed by atoms with Crippen LogP contribution in [0.25, 0.3) is 0 Å². The molecule has 0 bridgehead atoms. The highest BCUT2D eigenvalue weighted by Gasteiger charge is 2.04. The quantitative estimate of drug-likeness (QED) is 0.325. The fourth-order valence-electron chi connectivity index (χ4n) is 1.64. The number of hydrogen-bond acceptors (Lipinski definition) is 0. The number of unbranched alkanes of at least 4 members (excludes halogenated alkanes) is 1. The van der Waals surface area contributed by atoms with E-state index in [2.05, 4.69) is 27.6 Å². The van der Waals surface area contributed by atoms with Crippen LogP contribution in [0.2, 0.25) is 6.82 Å². The minimum atomic E-state index is -0.208. The SMILES string of the molecule is C=C(C)/C(CCCCF)=C(\[B]C)CC. The van der Waals surface area contributed by atoms with Gasteiger partial charge in [0.2, 0.25) is 0 Å². The molecule has 0 aliphatic rings. The smallest absolute Gasteiger partial charge is 0.142 e. The van der Waals surface area contributed by atoms with E-state index in [9.17, 15) is 4.39 Å². The van der Waals surface area contributed by atoms with Gasteiger partial charge in [0.15, 0.2) is 0 Å². The van der Waals surface area contributed by atoms with Gasteiger partial charge in [-0.1, -0.05) is 31.5 Å². The lowest BCUT2D eigenvalue weighted by atomic mass is 9.67. The molecule has 14 heavy (non-hydrogen) atoms. The molecule has 0 aliphatic carbocycles. The Morgan fingerprint density at radius 3 is 2.36 bits per heavy atom. The maximum absolute atomic E-state index is 12.0. The summed E-state index contributed by atoms with van der Waals surface area (Å²) in [6.45, 7) is 10.0. The van der Waals surface area contributed by atoms with Crippen LogP contribution in [0.15, 0.2) is 23.2 Å². The predicted molar refractivity (Wildman–Crippen MR) is 63.6 cm³/mol. The van der Waals surface area contributed by atoms with Crippen molar-refractivity contribution in [2.45, 2.75) is 46.4 Å². The fraction of sp³-hybridized carbons (Fsp3) is 0.667. The monoisotopic (exact) mass is 195 g/mol. The minimum absolute atomic E-state index is 0.208. The van der Waals surface area contributed by atoms with Gasteiger partial charge in [0.05, 0.1) is 6.67 Å². The van der Waals surface area contributed by atoms with Gasteiger partial charge < -0.3 is 0 Å². The zero-order valence-electron chi connectivity index (χ0n) is 9.70. The Bertz CT molecular complexity index is 200. The van der Waals surface area contributed by atoms with E-state index in [1.165, 1.54) is 11.0 Å². The van der Waals surface area contributed by atoms with E-state index in [-0.39, 0.29) is 6.67 Å². The molecule has 0 saturated carbocycles. The van der Waals surface area contributed by atoms with E-state index < -0.39 is 0 Å².